The summed E-state index contributed by atoms with van der Waals surface area (Å²) in [5.41, 5.74) is 0.375. The summed E-state index contributed by atoms with van der Waals surface area (Å²) in [5.74, 6) is -1.18. The van der Waals surface area contributed by atoms with Gasteiger partial charge in [-0.05, 0) is 19.1 Å². The van der Waals surface area contributed by atoms with E-state index >= 15 is 0 Å². The second kappa shape index (κ2) is 9.22. The van der Waals surface area contributed by atoms with Gasteiger partial charge in [0, 0.05) is 18.3 Å². The van der Waals surface area contributed by atoms with Gasteiger partial charge in [0.25, 0.3) is 0 Å². The van der Waals surface area contributed by atoms with Gasteiger partial charge in [-0.3, -0.25) is 4.79 Å². The molecule has 13 heteroatoms. The zero-order chi connectivity index (χ0) is 23.5. The van der Waals surface area contributed by atoms with Crippen LogP contribution in [-0.2, 0) is 11.0 Å². The Bertz CT molecular complexity index is 1130. The number of alkyl halides is 3. The van der Waals surface area contributed by atoms with Crippen molar-refractivity contribution >= 4 is 35.1 Å². The summed E-state index contributed by atoms with van der Waals surface area (Å²) in [5, 5.41) is 7.95. The van der Waals surface area contributed by atoms with Gasteiger partial charge in [0.15, 0.2) is 5.82 Å². The highest BCUT2D eigenvalue weighted by molar-refractivity contribution is 6.32. The van der Waals surface area contributed by atoms with Crippen LogP contribution in [0.25, 0.3) is 0 Å². The Morgan fingerprint density at radius 2 is 1.97 bits per heavy atom. The number of methoxy groups -OCH3 is 1. The van der Waals surface area contributed by atoms with Gasteiger partial charge in [-0.2, -0.15) is 23.1 Å². The Morgan fingerprint density at radius 3 is 2.62 bits per heavy atom. The van der Waals surface area contributed by atoms with Crippen LogP contribution in [0.1, 0.15) is 18.9 Å². The highest BCUT2D eigenvalue weighted by atomic mass is 35.5. The number of hydrogen-bond donors (Lipinski definition) is 3. The molecule has 0 bridgehead atoms. The Kier molecular flexibility index (Phi) is 6.63. The first kappa shape index (κ1) is 23.0. The highest BCUT2D eigenvalue weighted by Gasteiger charge is 2.36. The predicted molar refractivity (Wildman–Crippen MR) is 111 cm³/mol. The van der Waals surface area contributed by atoms with Crippen LogP contribution >= 0.6 is 11.6 Å². The van der Waals surface area contributed by atoms with Crippen LogP contribution < -0.4 is 20.7 Å². The molecule has 168 valence electrons. The van der Waals surface area contributed by atoms with Gasteiger partial charge in [0.2, 0.25) is 11.9 Å². The van der Waals surface area contributed by atoms with Crippen LogP contribution in [0.2, 0.25) is 5.02 Å². The number of aromatic nitrogens is 4. The SMILES string of the molecule is C=CC(=O)NC1=C(Nc2nc(Nc3nc(OC)ncc3Cl)ncc2C(F)(F)F)CC(C)=C1. The summed E-state index contributed by atoms with van der Waals surface area (Å²) in [6.07, 6.45) is 0.131. The van der Waals surface area contributed by atoms with Crippen molar-refractivity contribution in [2.24, 2.45) is 0 Å². The minimum absolute atomic E-state index is 0.0116. The zero-order valence-corrected chi connectivity index (χ0v) is 17.6. The number of nitrogens with zero attached hydrogens (tertiary/aromatic N) is 4. The average molecular weight is 468 g/mol. The largest absolute Gasteiger partial charge is 0.467 e. The molecule has 1 aliphatic rings. The summed E-state index contributed by atoms with van der Waals surface area (Å²) >= 11 is 6.02. The van der Waals surface area contributed by atoms with Crippen molar-refractivity contribution in [3.8, 4) is 6.01 Å². The van der Waals surface area contributed by atoms with E-state index in [1.165, 1.54) is 13.3 Å². The van der Waals surface area contributed by atoms with Crippen LogP contribution in [0.3, 0.4) is 0 Å². The minimum atomic E-state index is -4.73. The number of anilines is 3. The summed E-state index contributed by atoms with van der Waals surface area (Å²) in [7, 11) is 1.34. The standard InChI is InChI=1S/C19H17ClF3N7O2/c1-4-14(31)26-12-5-9(2)6-13(12)27-15-10(19(21,22)23)7-24-17(28-15)29-16-11(20)8-25-18(30-16)32-3/h4-5,7-8H,1,6H2,2-3H3,(H,26,31)(H2,24,25,27,28,29,30). The molecule has 2 heterocycles. The number of carbonyl (C=O) groups excluding carboxylic acids is 1. The van der Waals surface area contributed by atoms with E-state index < -0.39 is 23.5 Å². The molecule has 3 N–H and O–H groups in total. The number of amides is 1. The van der Waals surface area contributed by atoms with Gasteiger partial charge >= 0.3 is 12.2 Å². The summed E-state index contributed by atoms with van der Waals surface area (Å²) < 4.78 is 45.6. The first-order chi connectivity index (χ1) is 15.1. The van der Waals surface area contributed by atoms with Gasteiger partial charge in [-0.25, -0.2) is 9.97 Å². The molecule has 0 saturated carbocycles. The van der Waals surface area contributed by atoms with E-state index in [9.17, 15) is 18.0 Å². The van der Waals surface area contributed by atoms with Crippen molar-refractivity contribution in [1.29, 1.82) is 0 Å². The van der Waals surface area contributed by atoms with Crippen molar-refractivity contribution in [3.63, 3.8) is 0 Å². The molecule has 0 atom stereocenters. The van der Waals surface area contributed by atoms with Crippen LogP contribution in [-0.4, -0.2) is 33.0 Å². The smallest absolute Gasteiger partial charge is 0.421 e. The van der Waals surface area contributed by atoms with Crippen molar-refractivity contribution in [1.82, 2.24) is 25.3 Å². The molecule has 2 aromatic rings. The van der Waals surface area contributed by atoms with E-state index in [4.69, 9.17) is 16.3 Å². The number of rotatable bonds is 7. The lowest BCUT2D eigenvalue weighted by Crippen LogP contribution is -2.22. The Balaban J connectivity index is 1.98. The predicted octanol–water partition coefficient (Wildman–Crippen LogP) is 3.97. The third kappa shape index (κ3) is 5.32. The quantitative estimate of drug-likeness (QED) is 0.524. The molecule has 9 nitrogen and oxygen atoms in total. The van der Waals surface area contributed by atoms with Crippen molar-refractivity contribution in [3.05, 3.63) is 58.7 Å². The molecule has 0 spiro atoms. The Hall–Kier alpha value is -3.67. The van der Waals surface area contributed by atoms with E-state index in [0.29, 0.717) is 17.6 Å². The highest BCUT2D eigenvalue weighted by Crippen LogP contribution is 2.36. The number of nitrogens with one attached hydrogen (secondary N) is 3. The van der Waals surface area contributed by atoms with Crippen LogP contribution in [0.4, 0.5) is 30.8 Å². The monoisotopic (exact) mass is 467 g/mol. The fourth-order valence-electron chi connectivity index (χ4n) is 2.70. The minimum Gasteiger partial charge on any atom is -0.467 e. The van der Waals surface area contributed by atoms with Crippen LogP contribution in [0, 0.1) is 0 Å². The first-order valence-electron chi connectivity index (χ1n) is 8.99. The van der Waals surface area contributed by atoms with E-state index in [-0.39, 0.29) is 29.2 Å². The molecule has 32 heavy (non-hydrogen) atoms. The molecular formula is C19H17ClF3N7O2. The molecule has 0 radical (unpaired) electrons. The average Bonchev–Trinajstić information content (AvgIpc) is 3.07. The van der Waals surface area contributed by atoms with E-state index in [2.05, 4.69) is 42.5 Å². The summed E-state index contributed by atoms with van der Waals surface area (Å²) in [6, 6.07) is -0.0116. The van der Waals surface area contributed by atoms with Crippen LogP contribution in [0.15, 0.2) is 48.1 Å². The number of halogens is 4. The molecule has 0 fully saturated rings. The molecule has 0 unspecified atom stereocenters. The zero-order valence-electron chi connectivity index (χ0n) is 16.8. The number of allylic oxidation sites excluding steroid dienone is 2. The molecule has 0 aromatic carbocycles. The van der Waals surface area contributed by atoms with Crippen LogP contribution in [0.5, 0.6) is 6.01 Å². The number of carbonyl (C=O) groups is 1. The molecular weight excluding hydrogens is 451 g/mol. The normalized spacial score (nSPS) is 13.5. The molecule has 1 amide bonds. The maximum atomic E-state index is 13.6. The fourth-order valence-corrected chi connectivity index (χ4v) is 2.83. The van der Waals surface area contributed by atoms with Gasteiger partial charge in [-0.1, -0.05) is 23.8 Å². The Morgan fingerprint density at radius 1 is 1.22 bits per heavy atom. The summed E-state index contributed by atoms with van der Waals surface area (Å²) in [6.45, 7) is 5.14. The fraction of sp³-hybridized carbons (Fsp3) is 0.211. The van der Waals surface area contributed by atoms with Gasteiger partial charge in [0.1, 0.15) is 16.4 Å². The molecule has 0 aliphatic heterocycles. The molecule has 1 aliphatic carbocycles. The van der Waals surface area contributed by atoms with Crippen molar-refractivity contribution < 1.29 is 22.7 Å². The van der Waals surface area contributed by atoms with Gasteiger partial charge in [-0.15, -0.1) is 0 Å². The van der Waals surface area contributed by atoms with E-state index in [1.54, 1.807) is 13.0 Å². The van der Waals surface area contributed by atoms with Gasteiger partial charge < -0.3 is 20.7 Å². The molecule has 2 aromatic heterocycles. The molecule has 3 rings (SSSR count). The number of ether oxygens (including phenoxy) is 1. The molecule has 0 saturated heterocycles. The van der Waals surface area contributed by atoms with Crippen molar-refractivity contribution in [2.45, 2.75) is 19.5 Å². The maximum Gasteiger partial charge on any atom is 0.421 e. The van der Waals surface area contributed by atoms with Gasteiger partial charge in [0.05, 0.1) is 19.0 Å². The Labute approximate surface area is 185 Å². The van der Waals surface area contributed by atoms with E-state index in [0.717, 1.165) is 11.6 Å². The summed E-state index contributed by atoms with van der Waals surface area (Å²) in [4.78, 5) is 27.1. The second-order valence-corrected chi connectivity index (χ2v) is 6.92. The first-order valence-corrected chi connectivity index (χ1v) is 9.37. The maximum absolute atomic E-state index is 13.6. The second-order valence-electron chi connectivity index (χ2n) is 6.51. The number of hydrogen-bond acceptors (Lipinski definition) is 8. The lowest BCUT2D eigenvalue weighted by molar-refractivity contribution is -0.137. The third-order valence-electron chi connectivity index (χ3n) is 4.11. The topological polar surface area (TPSA) is 114 Å². The van der Waals surface area contributed by atoms with E-state index in [1.807, 2.05) is 0 Å². The third-order valence-corrected chi connectivity index (χ3v) is 4.39. The lowest BCUT2D eigenvalue weighted by atomic mass is 10.2. The lowest BCUT2D eigenvalue weighted by Gasteiger charge is -2.17. The van der Waals surface area contributed by atoms with Crippen molar-refractivity contribution in [2.75, 3.05) is 17.7 Å².